The minimum atomic E-state index is -0.501. The van der Waals surface area contributed by atoms with Crippen molar-refractivity contribution in [2.45, 2.75) is 13.5 Å². The van der Waals surface area contributed by atoms with Gasteiger partial charge in [0.2, 0.25) is 0 Å². The highest BCUT2D eigenvalue weighted by molar-refractivity contribution is 6.31. The van der Waals surface area contributed by atoms with Crippen molar-refractivity contribution in [1.82, 2.24) is 4.90 Å². The summed E-state index contributed by atoms with van der Waals surface area (Å²) >= 11 is 6.10. The van der Waals surface area contributed by atoms with E-state index in [0.29, 0.717) is 34.3 Å². The summed E-state index contributed by atoms with van der Waals surface area (Å²) in [6.07, 6.45) is 0. The third kappa shape index (κ3) is 4.43. The van der Waals surface area contributed by atoms with E-state index < -0.39 is 4.92 Å². The van der Waals surface area contributed by atoms with Gasteiger partial charge >= 0.3 is 0 Å². The lowest BCUT2D eigenvalue weighted by molar-refractivity contribution is -0.384. The van der Waals surface area contributed by atoms with Crippen molar-refractivity contribution in [3.63, 3.8) is 0 Å². The molecule has 0 bridgehead atoms. The molecule has 0 radical (unpaired) electrons. The number of non-ortho nitro benzene ring substituents is 1. The number of nitro benzene ring substituents is 1. The number of ether oxygens (including phenoxy) is 2. The van der Waals surface area contributed by atoms with E-state index in [0.717, 1.165) is 0 Å². The van der Waals surface area contributed by atoms with Gasteiger partial charge in [0, 0.05) is 36.3 Å². The molecule has 138 valence electrons. The maximum absolute atomic E-state index is 12.7. The van der Waals surface area contributed by atoms with Crippen LogP contribution in [0.15, 0.2) is 36.4 Å². The van der Waals surface area contributed by atoms with Crippen LogP contribution >= 0.6 is 11.6 Å². The van der Waals surface area contributed by atoms with E-state index in [1.807, 2.05) is 6.92 Å². The highest BCUT2D eigenvalue weighted by atomic mass is 35.5. The van der Waals surface area contributed by atoms with E-state index in [4.69, 9.17) is 21.1 Å². The van der Waals surface area contributed by atoms with E-state index in [-0.39, 0.29) is 18.1 Å². The molecule has 0 saturated carbocycles. The molecular weight excluding hydrogens is 360 g/mol. The predicted molar refractivity (Wildman–Crippen MR) is 98.1 cm³/mol. The summed E-state index contributed by atoms with van der Waals surface area (Å²) in [5, 5.41) is 11.3. The summed E-state index contributed by atoms with van der Waals surface area (Å²) in [6, 6.07) is 9.05. The first-order valence-electron chi connectivity index (χ1n) is 7.86. The summed E-state index contributed by atoms with van der Waals surface area (Å²) in [5.74, 6) is 0.740. The fraction of sp³-hybridized carbons (Fsp3) is 0.278. The van der Waals surface area contributed by atoms with Crippen molar-refractivity contribution in [2.75, 3.05) is 20.8 Å². The van der Waals surface area contributed by atoms with E-state index in [1.54, 1.807) is 25.2 Å². The van der Waals surface area contributed by atoms with Gasteiger partial charge in [-0.05, 0) is 36.8 Å². The Morgan fingerprint density at radius 2 is 1.96 bits per heavy atom. The second-order valence-corrected chi connectivity index (χ2v) is 5.90. The number of methoxy groups -OCH3 is 1. The van der Waals surface area contributed by atoms with Crippen molar-refractivity contribution in [3.8, 4) is 11.5 Å². The average Bonchev–Trinajstić information content (AvgIpc) is 2.63. The van der Waals surface area contributed by atoms with Crippen LogP contribution in [0.5, 0.6) is 11.5 Å². The van der Waals surface area contributed by atoms with Crippen molar-refractivity contribution in [1.29, 1.82) is 0 Å². The molecule has 0 saturated heterocycles. The molecule has 0 spiro atoms. The minimum Gasteiger partial charge on any atom is -0.493 e. The fourth-order valence-corrected chi connectivity index (χ4v) is 2.60. The van der Waals surface area contributed by atoms with Crippen LogP contribution in [0.1, 0.15) is 22.8 Å². The number of carbonyl (C=O) groups is 1. The van der Waals surface area contributed by atoms with Gasteiger partial charge in [0.05, 0.1) is 18.6 Å². The van der Waals surface area contributed by atoms with Crippen molar-refractivity contribution < 1.29 is 19.2 Å². The standard InChI is InChI=1S/C18H19ClN2O5/c1-4-26-16-8-5-12(10-17(16)25-3)18(22)20(2)11-13-9-14(21(23)24)6-7-15(13)19/h5-10H,4,11H2,1-3H3. The fourth-order valence-electron chi connectivity index (χ4n) is 2.42. The number of amides is 1. The maximum atomic E-state index is 12.7. The van der Waals surface area contributed by atoms with Gasteiger partial charge < -0.3 is 14.4 Å². The number of halogens is 1. The molecule has 26 heavy (non-hydrogen) atoms. The van der Waals surface area contributed by atoms with Crippen LogP contribution in [-0.2, 0) is 6.54 Å². The Hall–Kier alpha value is -2.80. The third-order valence-corrected chi connectivity index (χ3v) is 4.07. The molecule has 2 aromatic carbocycles. The molecule has 2 aromatic rings. The molecule has 2 rings (SSSR count). The van der Waals surface area contributed by atoms with Crippen LogP contribution in [0.25, 0.3) is 0 Å². The van der Waals surface area contributed by atoms with Gasteiger partial charge in [-0.15, -0.1) is 0 Å². The van der Waals surface area contributed by atoms with Crippen LogP contribution in [0.3, 0.4) is 0 Å². The highest BCUT2D eigenvalue weighted by Gasteiger charge is 2.18. The van der Waals surface area contributed by atoms with Gasteiger partial charge in [-0.1, -0.05) is 11.6 Å². The molecular formula is C18H19ClN2O5. The number of benzene rings is 2. The molecule has 8 heteroatoms. The molecule has 7 nitrogen and oxygen atoms in total. The summed E-state index contributed by atoms with van der Waals surface area (Å²) in [7, 11) is 3.10. The smallest absolute Gasteiger partial charge is 0.269 e. The van der Waals surface area contributed by atoms with Crippen LogP contribution in [-0.4, -0.2) is 36.5 Å². The Bertz CT molecular complexity index is 825. The number of nitrogens with zero attached hydrogens (tertiary/aromatic N) is 2. The maximum Gasteiger partial charge on any atom is 0.269 e. The molecule has 0 atom stereocenters. The second kappa shape index (κ2) is 8.53. The summed E-state index contributed by atoms with van der Waals surface area (Å²) in [4.78, 5) is 24.5. The number of hydrogen-bond acceptors (Lipinski definition) is 5. The molecule has 0 aliphatic rings. The SMILES string of the molecule is CCOc1ccc(C(=O)N(C)Cc2cc([N+](=O)[O-])ccc2Cl)cc1OC. The molecule has 0 aliphatic carbocycles. The lowest BCUT2D eigenvalue weighted by Gasteiger charge is -2.19. The first kappa shape index (κ1) is 19.5. The first-order valence-corrected chi connectivity index (χ1v) is 8.24. The molecule has 0 heterocycles. The van der Waals surface area contributed by atoms with Gasteiger partial charge in [-0.3, -0.25) is 14.9 Å². The van der Waals surface area contributed by atoms with E-state index in [2.05, 4.69) is 0 Å². The normalized spacial score (nSPS) is 10.3. The minimum absolute atomic E-state index is 0.0759. The number of rotatable bonds is 7. The zero-order chi connectivity index (χ0) is 19.3. The second-order valence-electron chi connectivity index (χ2n) is 5.49. The molecule has 0 N–H and O–H groups in total. The molecule has 0 aliphatic heterocycles. The summed E-state index contributed by atoms with van der Waals surface area (Å²) in [6.45, 7) is 2.47. The number of nitro groups is 1. The predicted octanol–water partition coefficient (Wildman–Crippen LogP) is 3.93. The zero-order valence-electron chi connectivity index (χ0n) is 14.7. The van der Waals surface area contributed by atoms with Gasteiger partial charge in [0.15, 0.2) is 11.5 Å². The van der Waals surface area contributed by atoms with Crippen LogP contribution in [0.2, 0.25) is 5.02 Å². The van der Waals surface area contributed by atoms with Crippen molar-refractivity contribution in [3.05, 3.63) is 62.7 Å². The zero-order valence-corrected chi connectivity index (χ0v) is 15.4. The van der Waals surface area contributed by atoms with E-state index in [1.165, 1.54) is 30.2 Å². The molecule has 0 unspecified atom stereocenters. The number of carbonyl (C=O) groups excluding carboxylic acids is 1. The van der Waals surface area contributed by atoms with Crippen LogP contribution in [0, 0.1) is 10.1 Å². The Labute approximate surface area is 156 Å². The lowest BCUT2D eigenvalue weighted by atomic mass is 10.1. The van der Waals surface area contributed by atoms with Gasteiger partial charge in [-0.25, -0.2) is 0 Å². The Balaban J connectivity index is 2.22. The summed E-state index contributed by atoms with van der Waals surface area (Å²) in [5.41, 5.74) is 0.831. The molecule has 0 fully saturated rings. The van der Waals surface area contributed by atoms with Gasteiger partial charge in [0.1, 0.15) is 0 Å². The topological polar surface area (TPSA) is 81.9 Å². The van der Waals surface area contributed by atoms with Crippen LogP contribution < -0.4 is 9.47 Å². The quantitative estimate of drug-likeness (QED) is 0.538. The van der Waals surface area contributed by atoms with Gasteiger partial charge in [-0.2, -0.15) is 0 Å². The van der Waals surface area contributed by atoms with Crippen LogP contribution in [0.4, 0.5) is 5.69 Å². The third-order valence-electron chi connectivity index (χ3n) is 3.70. The highest BCUT2D eigenvalue weighted by Crippen LogP contribution is 2.29. The monoisotopic (exact) mass is 378 g/mol. The molecule has 1 amide bonds. The van der Waals surface area contributed by atoms with Crippen molar-refractivity contribution >= 4 is 23.2 Å². The lowest BCUT2D eigenvalue weighted by Crippen LogP contribution is -2.26. The van der Waals surface area contributed by atoms with Gasteiger partial charge in [0.25, 0.3) is 11.6 Å². The largest absolute Gasteiger partial charge is 0.493 e. The van der Waals surface area contributed by atoms with E-state index >= 15 is 0 Å². The Morgan fingerprint density at radius 1 is 1.23 bits per heavy atom. The average molecular weight is 379 g/mol. The Kier molecular flexibility index (Phi) is 6.41. The molecule has 0 aromatic heterocycles. The first-order chi connectivity index (χ1) is 12.4. The summed E-state index contributed by atoms with van der Waals surface area (Å²) < 4.78 is 10.7. The Morgan fingerprint density at radius 3 is 2.58 bits per heavy atom. The van der Waals surface area contributed by atoms with E-state index in [9.17, 15) is 14.9 Å². The number of hydrogen-bond donors (Lipinski definition) is 0. The van der Waals surface area contributed by atoms with Crippen molar-refractivity contribution in [2.24, 2.45) is 0 Å².